The van der Waals surface area contributed by atoms with Gasteiger partial charge in [-0.2, -0.15) is 13.2 Å². The first-order valence-corrected chi connectivity index (χ1v) is 16.1. The normalized spacial score (nSPS) is 16.8. The van der Waals surface area contributed by atoms with Gasteiger partial charge in [0.2, 0.25) is 5.91 Å². The third-order valence-electron chi connectivity index (χ3n) is 8.50. The molecule has 0 saturated carbocycles. The predicted molar refractivity (Wildman–Crippen MR) is 171 cm³/mol. The summed E-state index contributed by atoms with van der Waals surface area (Å²) in [7, 11) is 0. The highest BCUT2D eigenvalue weighted by Crippen LogP contribution is 2.39. The summed E-state index contributed by atoms with van der Waals surface area (Å²) in [4.78, 5) is 48.2. The lowest BCUT2D eigenvalue weighted by Crippen LogP contribution is -2.49. The number of urea groups is 1. The van der Waals surface area contributed by atoms with Gasteiger partial charge in [-0.25, -0.2) is 14.2 Å². The molecular weight excluding hydrogens is 652 g/mol. The summed E-state index contributed by atoms with van der Waals surface area (Å²) in [6, 6.07) is 9.31. The molecule has 252 valence electrons. The molecule has 6 rings (SSSR count). The summed E-state index contributed by atoms with van der Waals surface area (Å²) in [5.41, 5.74) is -0.273. The van der Waals surface area contributed by atoms with E-state index < -0.39 is 35.2 Å². The maximum Gasteiger partial charge on any atom is 0.433 e. The van der Waals surface area contributed by atoms with Crippen molar-refractivity contribution in [3.05, 3.63) is 81.9 Å². The highest BCUT2D eigenvalue weighted by atomic mass is 32.1. The molecule has 0 aliphatic carbocycles. The van der Waals surface area contributed by atoms with E-state index in [4.69, 9.17) is 4.98 Å². The largest absolute Gasteiger partial charge is 0.433 e. The minimum Gasteiger partial charge on any atom is -0.386 e. The van der Waals surface area contributed by atoms with E-state index in [1.54, 1.807) is 38.1 Å². The maximum atomic E-state index is 15.1. The van der Waals surface area contributed by atoms with Gasteiger partial charge in [-0.3, -0.25) is 29.7 Å². The van der Waals surface area contributed by atoms with Crippen LogP contribution in [0.5, 0.6) is 0 Å². The molecule has 2 fully saturated rings. The maximum absolute atomic E-state index is 15.1. The fraction of sp³-hybridized carbons (Fsp3) is 0.364. The first kappa shape index (κ1) is 33.4. The number of alkyl halides is 3. The number of rotatable bonds is 7. The molecule has 48 heavy (non-hydrogen) atoms. The first-order valence-electron chi connectivity index (χ1n) is 15.3. The number of halogens is 4. The second-order valence-electron chi connectivity index (χ2n) is 12.4. The number of thiazole rings is 1. The van der Waals surface area contributed by atoms with Gasteiger partial charge in [-0.1, -0.05) is 6.07 Å². The van der Waals surface area contributed by atoms with Crippen LogP contribution in [0.4, 0.5) is 33.7 Å². The second-order valence-corrected chi connectivity index (χ2v) is 13.5. The third kappa shape index (κ3) is 7.17. The summed E-state index contributed by atoms with van der Waals surface area (Å²) in [6.45, 7) is 5.13. The van der Waals surface area contributed by atoms with E-state index in [0.717, 1.165) is 40.9 Å². The average Bonchev–Trinajstić information content (AvgIpc) is 3.44. The van der Waals surface area contributed by atoms with Crippen molar-refractivity contribution in [2.45, 2.75) is 57.3 Å². The molecule has 2 aromatic carbocycles. The lowest BCUT2D eigenvalue weighted by atomic mass is 9.95. The van der Waals surface area contributed by atoms with Gasteiger partial charge in [0.15, 0.2) is 0 Å². The molecular formula is C33H32F4N6O4S. The molecule has 2 aliphatic rings. The minimum absolute atomic E-state index is 0.0653. The van der Waals surface area contributed by atoms with Gasteiger partial charge in [0.05, 0.1) is 26.4 Å². The molecule has 10 nitrogen and oxygen atoms in total. The number of anilines is 2. The lowest BCUT2D eigenvalue weighted by molar-refractivity contribution is -0.141. The van der Waals surface area contributed by atoms with E-state index >= 15 is 4.39 Å². The van der Waals surface area contributed by atoms with Gasteiger partial charge >= 0.3 is 12.2 Å². The van der Waals surface area contributed by atoms with Gasteiger partial charge in [-0.15, -0.1) is 11.3 Å². The Hall–Kier alpha value is -4.47. The summed E-state index contributed by atoms with van der Waals surface area (Å²) >= 11 is 1.47. The Kier molecular flexibility index (Phi) is 8.96. The number of nitrogens with one attached hydrogen (secondary N) is 2. The number of pyridine rings is 1. The number of imide groups is 1. The number of benzene rings is 2. The zero-order valence-electron chi connectivity index (χ0n) is 26.0. The van der Waals surface area contributed by atoms with Gasteiger partial charge < -0.3 is 10.4 Å². The average molecular weight is 685 g/mol. The summed E-state index contributed by atoms with van der Waals surface area (Å²) < 4.78 is 54.6. The van der Waals surface area contributed by atoms with E-state index in [0.29, 0.717) is 47.7 Å². The number of likely N-dealkylation sites (tertiary alicyclic amines) is 1. The SMILES string of the molecule is CC(C)(O)c1cc2nc(C3CCN(Cc4ccc(N5CCC(=O)NC5=O)cc4F)CC3)sc2cc1NC(=O)c1ccc(C(F)(F)F)nc1. The number of carbonyl (C=O) groups excluding carboxylic acids is 3. The van der Waals surface area contributed by atoms with Crippen molar-refractivity contribution in [2.24, 2.45) is 0 Å². The van der Waals surface area contributed by atoms with Crippen LogP contribution < -0.4 is 15.5 Å². The molecule has 15 heteroatoms. The molecule has 4 amide bonds. The number of aliphatic hydroxyl groups is 1. The van der Waals surface area contributed by atoms with Crippen molar-refractivity contribution in [3.63, 3.8) is 0 Å². The zero-order chi connectivity index (χ0) is 34.4. The molecule has 3 N–H and O–H groups in total. The highest BCUT2D eigenvalue weighted by Gasteiger charge is 2.33. The molecule has 2 aliphatic heterocycles. The second kappa shape index (κ2) is 12.9. The Bertz CT molecular complexity index is 1880. The predicted octanol–water partition coefficient (Wildman–Crippen LogP) is 6.15. The van der Waals surface area contributed by atoms with Crippen LogP contribution in [0.15, 0.2) is 48.7 Å². The molecule has 0 radical (unpaired) electrons. The van der Waals surface area contributed by atoms with Crippen molar-refractivity contribution >= 4 is 50.8 Å². The Balaban J connectivity index is 1.13. The summed E-state index contributed by atoms with van der Waals surface area (Å²) in [5.74, 6) is -1.30. The number of carbonyl (C=O) groups is 3. The van der Waals surface area contributed by atoms with E-state index in [1.165, 1.54) is 22.3 Å². The van der Waals surface area contributed by atoms with Crippen molar-refractivity contribution < 1.29 is 37.1 Å². The topological polar surface area (TPSA) is 128 Å². The fourth-order valence-electron chi connectivity index (χ4n) is 5.89. The van der Waals surface area contributed by atoms with Crippen molar-refractivity contribution in [1.82, 2.24) is 20.2 Å². The lowest BCUT2D eigenvalue weighted by Gasteiger charge is -2.31. The zero-order valence-corrected chi connectivity index (χ0v) is 26.8. The fourth-order valence-corrected chi connectivity index (χ4v) is 7.05. The third-order valence-corrected chi connectivity index (χ3v) is 9.68. The number of hydrogen-bond donors (Lipinski definition) is 3. The summed E-state index contributed by atoms with van der Waals surface area (Å²) in [6.07, 6.45) is -2.05. The number of hydrogen-bond acceptors (Lipinski definition) is 8. The van der Waals surface area contributed by atoms with Crippen LogP contribution >= 0.6 is 11.3 Å². The Morgan fingerprint density at radius 1 is 1.08 bits per heavy atom. The van der Waals surface area contributed by atoms with Gasteiger partial charge in [0, 0.05) is 54.1 Å². The van der Waals surface area contributed by atoms with E-state index in [9.17, 15) is 32.7 Å². The number of piperidine rings is 1. The smallest absolute Gasteiger partial charge is 0.386 e. The quantitative estimate of drug-likeness (QED) is 0.199. The van der Waals surface area contributed by atoms with E-state index in [2.05, 4.69) is 20.5 Å². The van der Waals surface area contributed by atoms with Crippen LogP contribution in [-0.2, 0) is 23.1 Å². The number of aromatic nitrogens is 2. The molecule has 2 aromatic heterocycles. The van der Waals surface area contributed by atoms with Crippen LogP contribution in [0.3, 0.4) is 0 Å². The number of amides is 4. The van der Waals surface area contributed by atoms with Gasteiger partial charge in [0.1, 0.15) is 11.5 Å². The molecule has 0 unspecified atom stereocenters. The molecule has 4 aromatic rings. The standard InChI is InChI=1S/C33H32F4N6O4S/c1-32(2,47)22-14-25-26(15-24(22)39-29(45)19-4-6-27(38-16-19)33(35,36)37)48-30(40-25)18-7-10-42(11-8-18)17-20-3-5-21(13-23(20)34)43-12-9-28(44)41-31(43)46/h3-6,13-16,18,47H,7-12,17H2,1-2H3,(H,39,45)(H,41,44,46). The van der Waals surface area contributed by atoms with Crippen molar-refractivity contribution in [1.29, 1.82) is 0 Å². The van der Waals surface area contributed by atoms with Crippen LogP contribution in [0.1, 0.15) is 71.2 Å². The minimum atomic E-state index is -4.63. The number of nitrogens with zero attached hydrogens (tertiary/aromatic N) is 4. The van der Waals surface area contributed by atoms with Crippen molar-refractivity contribution in [3.8, 4) is 0 Å². The first-order chi connectivity index (χ1) is 22.7. The molecule has 0 spiro atoms. The van der Waals surface area contributed by atoms with Crippen LogP contribution in [0, 0.1) is 5.82 Å². The van der Waals surface area contributed by atoms with Crippen LogP contribution in [-0.4, -0.2) is 57.5 Å². The molecule has 4 heterocycles. The number of fused-ring (bicyclic) bond motifs is 1. The highest BCUT2D eigenvalue weighted by molar-refractivity contribution is 7.18. The Morgan fingerprint density at radius 3 is 2.46 bits per heavy atom. The van der Waals surface area contributed by atoms with E-state index in [-0.39, 0.29) is 30.4 Å². The van der Waals surface area contributed by atoms with Crippen LogP contribution in [0.2, 0.25) is 0 Å². The Labute approximate surface area is 276 Å². The van der Waals surface area contributed by atoms with E-state index in [1.807, 2.05) is 0 Å². The van der Waals surface area contributed by atoms with Gasteiger partial charge in [0.25, 0.3) is 5.91 Å². The van der Waals surface area contributed by atoms with Crippen LogP contribution in [0.25, 0.3) is 10.2 Å². The monoisotopic (exact) mass is 684 g/mol. The molecule has 0 bridgehead atoms. The van der Waals surface area contributed by atoms with Crippen molar-refractivity contribution in [2.75, 3.05) is 29.9 Å². The van der Waals surface area contributed by atoms with Gasteiger partial charge in [-0.05, 0) is 76.2 Å². The molecule has 0 atom stereocenters. The molecule has 2 saturated heterocycles. The summed E-state index contributed by atoms with van der Waals surface area (Å²) in [5, 5.41) is 16.7. The Morgan fingerprint density at radius 2 is 1.83 bits per heavy atom.